The smallest absolute Gasteiger partial charge is 0.200 e. The minimum Gasteiger partial charge on any atom is -0.448 e. The van der Waals surface area contributed by atoms with Crippen molar-refractivity contribution in [3.05, 3.63) is 17.8 Å². The van der Waals surface area contributed by atoms with Gasteiger partial charge in [-0.3, -0.25) is 0 Å². The van der Waals surface area contributed by atoms with Crippen LogP contribution in [0.4, 0.5) is 0 Å². The molecule has 1 aliphatic heterocycles. The topological polar surface area (TPSA) is 52.0 Å². The second-order valence-corrected chi connectivity index (χ2v) is 5.93. The standard InChI is InChI=1S/C12H20N2OS/c1-12(4-7-16-8-5-12)11-14-10(9-15-11)3-2-6-13/h9H,2-8,13H2,1H3. The van der Waals surface area contributed by atoms with Crippen molar-refractivity contribution in [2.24, 2.45) is 5.73 Å². The number of hydrogen-bond acceptors (Lipinski definition) is 4. The Kier molecular flexibility index (Phi) is 3.92. The first kappa shape index (κ1) is 12.0. The van der Waals surface area contributed by atoms with Crippen molar-refractivity contribution >= 4 is 11.8 Å². The van der Waals surface area contributed by atoms with Gasteiger partial charge in [0.05, 0.1) is 5.69 Å². The largest absolute Gasteiger partial charge is 0.448 e. The fourth-order valence-electron chi connectivity index (χ4n) is 2.02. The van der Waals surface area contributed by atoms with Crippen LogP contribution in [0.5, 0.6) is 0 Å². The third kappa shape index (κ3) is 2.61. The molecule has 1 aliphatic rings. The molecule has 2 N–H and O–H groups in total. The van der Waals surface area contributed by atoms with Gasteiger partial charge >= 0.3 is 0 Å². The normalized spacial score (nSPS) is 19.9. The Balaban J connectivity index is 2.05. The van der Waals surface area contributed by atoms with Crippen molar-refractivity contribution in [2.75, 3.05) is 18.1 Å². The van der Waals surface area contributed by atoms with Crippen LogP contribution in [-0.4, -0.2) is 23.0 Å². The molecule has 0 spiro atoms. The summed E-state index contributed by atoms with van der Waals surface area (Å²) in [5.41, 5.74) is 6.71. The number of oxazole rings is 1. The number of nitrogens with two attached hydrogens (primary N) is 1. The molecule has 1 fully saturated rings. The first-order valence-electron chi connectivity index (χ1n) is 5.97. The highest BCUT2D eigenvalue weighted by atomic mass is 32.2. The van der Waals surface area contributed by atoms with Gasteiger partial charge in [0.1, 0.15) is 6.26 Å². The summed E-state index contributed by atoms with van der Waals surface area (Å²) in [5.74, 6) is 3.37. The molecular weight excluding hydrogens is 220 g/mol. The van der Waals surface area contributed by atoms with Gasteiger partial charge in [-0.15, -0.1) is 0 Å². The third-order valence-electron chi connectivity index (χ3n) is 3.30. The fraction of sp³-hybridized carbons (Fsp3) is 0.750. The summed E-state index contributed by atoms with van der Waals surface area (Å²) in [4.78, 5) is 4.61. The van der Waals surface area contributed by atoms with Crippen molar-refractivity contribution in [1.82, 2.24) is 4.98 Å². The average Bonchev–Trinajstić information content (AvgIpc) is 2.77. The molecule has 0 atom stereocenters. The van der Waals surface area contributed by atoms with Gasteiger partial charge in [-0.1, -0.05) is 6.92 Å². The van der Waals surface area contributed by atoms with E-state index < -0.39 is 0 Å². The minimum atomic E-state index is 0.159. The van der Waals surface area contributed by atoms with Crippen molar-refractivity contribution in [3.8, 4) is 0 Å². The first-order valence-corrected chi connectivity index (χ1v) is 7.13. The summed E-state index contributed by atoms with van der Waals surface area (Å²) in [6.45, 7) is 2.99. The van der Waals surface area contributed by atoms with E-state index in [4.69, 9.17) is 10.2 Å². The molecule has 0 radical (unpaired) electrons. The Bertz CT molecular complexity index is 332. The number of aryl methyl sites for hydroxylation is 1. The number of aromatic nitrogens is 1. The first-order chi connectivity index (χ1) is 7.74. The second kappa shape index (κ2) is 5.23. The lowest BCUT2D eigenvalue weighted by Crippen LogP contribution is -2.27. The summed E-state index contributed by atoms with van der Waals surface area (Å²) in [5, 5.41) is 0. The minimum absolute atomic E-state index is 0.159. The van der Waals surface area contributed by atoms with E-state index in [1.54, 1.807) is 6.26 Å². The Morgan fingerprint density at radius 1 is 1.50 bits per heavy atom. The summed E-state index contributed by atoms with van der Waals surface area (Å²) in [6.07, 6.45) is 6.07. The van der Waals surface area contributed by atoms with E-state index >= 15 is 0 Å². The van der Waals surface area contributed by atoms with E-state index in [1.165, 1.54) is 24.3 Å². The summed E-state index contributed by atoms with van der Waals surface area (Å²) in [7, 11) is 0. The van der Waals surface area contributed by atoms with Crippen LogP contribution in [0, 0.1) is 0 Å². The zero-order valence-electron chi connectivity index (χ0n) is 9.87. The summed E-state index contributed by atoms with van der Waals surface area (Å²) < 4.78 is 5.64. The number of nitrogens with zero attached hydrogens (tertiary/aromatic N) is 1. The van der Waals surface area contributed by atoms with Crippen LogP contribution in [0.1, 0.15) is 37.8 Å². The highest BCUT2D eigenvalue weighted by Gasteiger charge is 2.33. The van der Waals surface area contributed by atoms with Crippen LogP contribution in [-0.2, 0) is 11.8 Å². The lowest BCUT2D eigenvalue weighted by molar-refractivity contribution is 0.324. The second-order valence-electron chi connectivity index (χ2n) is 4.71. The van der Waals surface area contributed by atoms with Gasteiger partial charge in [-0.2, -0.15) is 11.8 Å². The Hall–Kier alpha value is -0.480. The van der Waals surface area contributed by atoms with Gasteiger partial charge in [0.2, 0.25) is 0 Å². The monoisotopic (exact) mass is 240 g/mol. The quantitative estimate of drug-likeness (QED) is 0.877. The van der Waals surface area contributed by atoms with Crippen LogP contribution >= 0.6 is 11.8 Å². The van der Waals surface area contributed by atoms with Crippen molar-refractivity contribution < 1.29 is 4.42 Å². The van der Waals surface area contributed by atoms with Crippen molar-refractivity contribution in [1.29, 1.82) is 0 Å². The molecule has 0 aromatic carbocycles. The molecule has 90 valence electrons. The zero-order valence-corrected chi connectivity index (χ0v) is 10.7. The molecule has 3 nitrogen and oxygen atoms in total. The number of thioether (sulfide) groups is 1. The van der Waals surface area contributed by atoms with Gasteiger partial charge in [-0.25, -0.2) is 4.98 Å². The highest BCUT2D eigenvalue weighted by molar-refractivity contribution is 7.99. The molecule has 0 bridgehead atoms. The molecule has 16 heavy (non-hydrogen) atoms. The van der Waals surface area contributed by atoms with Crippen LogP contribution in [0.25, 0.3) is 0 Å². The van der Waals surface area contributed by atoms with E-state index in [2.05, 4.69) is 11.9 Å². The number of rotatable bonds is 4. The SMILES string of the molecule is CC1(c2nc(CCCN)co2)CCSCC1. The van der Waals surface area contributed by atoms with Gasteiger partial charge in [-0.05, 0) is 43.7 Å². The molecule has 0 unspecified atom stereocenters. The zero-order chi connectivity index (χ0) is 11.4. The average molecular weight is 240 g/mol. The molecule has 4 heteroatoms. The molecule has 0 saturated carbocycles. The molecule has 2 heterocycles. The molecule has 1 saturated heterocycles. The van der Waals surface area contributed by atoms with E-state index in [9.17, 15) is 0 Å². The molecular formula is C12H20N2OS. The Morgan fingerprint density at radius 3 is 2.94 bits per heavy atom. The molecule has 1 aromatic rings. The molecule has 1 aromatic heterocycles. The highest BCUT2D eigenvalue weighted by Crippen LogP contribution is 2.37. The van der Waals surface area contributed by atoms with E-state index in [-0.39, 0.29) is 5.41 Å². The fourth-order valence-corrected chi connectivity index (χ4v) is 3.41. The maximum Gasteiger partial charge on any atom is 0.200 e. The molecule has 2 rings (SSSR count). The van der Waals surface area contributed by atoms with Crippen molar-refractivity contribution in [2.45, 2.75) is 38.0 Å². The van der Waals surface area contributed by atoms with E-state index in [1.807, 2.05) is 11.8 Å². The Morgan fingerprint density at radius 2 is 2.25 bits per heavy atom. The maximum atomic E-state index is 5.64. The van der Waals surface area contributed by atoms with Gasteiger partial charge in [0, 0.05) is 5.41 Å². The van der Waals surface area contributed by atoms with Crippen LogP contribution < -0.4 is 5.73 Å². The van der Waals surface area contributed by atoms with E-state index in [0.717, 1.165) is 31.0 Å². The maximum absolute atomic E-state index is 5.64. The number of hydrogen-bond donors (Lipinski definition) is 1. The molecule has 0 aliphatic carbocycles. The molecule has 0 amide bonds. The van der Waals surface area contributed by atoms with Crippen LogP contribution in [0.2, 0.25) is 0 Å². The van der Waals surface area contributed by atoms with Gasteiger partial charge in [0.15, 0.2) is 5.89 Å². The van der Waals surface area contributed by atoms with Crippen molar-refractivity contribution in [3.63, 3.8) is 0 Å². The summed E-state index contributed by atoms with van der Waals surface area (Å²) in [6, 6.07) is 0. The van der Waals surface area contributed by atoms with Crippen LogP contribution in [0.3, 0.4) is 0 Å². The Labute approximate surface area is 101 Å². The summed E-state index contributed by atoms with van der Waals surface area (Å²) >= 11 is 2.03. The van der Waals surface area contributed by atoms with E-state index in [0.29, 0.717) is 0 Å². The predicted molar refractivity (Wildman–Crippen MR) is 67.8 cm³/mol. The lowest BCUT2D eigenvalue weighted by atomic mass is 9.84. The van der Waals surface area contributed by atoms with Crippen LogP contribution in [0.15, 0.2) is 10.7 Å². The third-order valence-corrected chi connectivity index (χ3v) is 4.29. The van der Waals surface area contributed by atoms with Gasteiger partial charge in [0.25, 0.3) is 0 Å². The predicted octanol–water partition coefficient (Wildman–Crippen LogP) is 2.35. The van der Waals surface area contributed by atoms with Gasteiger partial charge < -0.3 is 10.2 Å². The lowest BCUT2D eigenvalue weighted by Gasteiger charge is -2.29.